The normalized spacial score (nSPS) is 10.8. The van der Waals surface area contributed by atoms with Gasteiger partial charge in [-0.15, -0.1) is 0 Å². The van der Waals surface area contributed by atoms with E-state index in [1.807, 2.05) is 23.8 Å². The molecule has 0 unspecified atom stereocenters. The van der Waals surface area contributed by atoms with E-state index in [2.05, 4.69) is 15.0 Å². The highest BCUT2D eigenvalue weighted by molar-refractivity contribution is 5.67. The van der Waals surface area contributed by atoms with Crippen LogP contribution in [-0.2, 0) is 0 Å². The molecule has 2 N–H and O–H groups in total. The van der Waals surface area contributed by atoms with Crippen LogP contribution in [0.3, 0.4) is 0 Å². The fraction of sp³-hybridized carbons (Fsp3) is 0.400. The fourth-order valence-electron chi connectivity index (χ4n) is 1.57. The van der Waals surface area contributed by atoms with Gasteiger partial charge in [-0.05, 0) is 19.0 Å². The molecule has 0 saturated heterocycles. The zero-order valence-corrected chi connectivity index (χ0v) is 8.80. The van der Waals surface area contributed by atoms with Gasteiger partial charge in [0.15, 0.2) is 5.82 Å². The first kappa shape index (κ1) is 9.92. The average molecular weight is 205 g/mol. The second-order valence-electron chi connectivity index (χ2n) is 3.48. The summed E-state index contributed by atoms with van der Waals surface area (Å²) in [5.74, 6) is 0.948. The van der Waals surface area contributed by atoms with Gasteiger partial charge in [-0.2, -0.15) is 5.10 Å². The van der Waals surface area contributed by atoms with Crippen LogP contribution in [-0.4, -0.2) is 34.7 Å². The van der Waals surface area contributed by atoms with Crippen LogP contribution in [0.25, 0.3) is 5.52 Å². The Balaban J connectivity index is 2.29. The summed E-state index contributed by atoms with van der Waals surface area (Å²) < 4.78 is 1.82. The molecule has 2 aromatic heterocycles. The lowest BCUT2D eigenvalue weighted by atomic mass is 10.3. The van der Waals surface area contributed by atoms with Crippen LogP contribution >= 0.6 is 0 Å². The monoisotopic (exact) mass is 205 g/mol. The molecule has 5 nitrogen and oxygen atoms in total. The Bertz CT molecular complexity index is 436. The van der Waals surface area contributed by atoms with Crippen LogP contribution in [0.1, 0.15) is 6.42 Å². The maximum atomic E-state index is 5.48. The van der Waals surface area contributed by atoms with Gasteiger partial charge in [0.2, 0.25) is 0 Å². The van der Waals surface area contributed by atoms with E-state index in [1.54, 1.807) is 12.4 Å². The van der Waals surface area contributed by atoms with Crippen LogP contribution in [0.4, 0.5) is 5.82 Å². The van der Waals surface area contributed by atoms with Gasteiger partial charge >= 0.3 is 0 Å². The lowest BCUT2D eigenvalue weighted by Gasteiger charge is -2.18. The molecule has 0 atom stereocenters. The summed E-state index contributed by atoms with van der Waals surface area (Å²) in [5.41, 5.74) is 6.51. The molecule has 0 fully saturated rings. The minimum Gasteiger partial charge on any atom is -0.358 e. The van der Waals surface area contributed by atoms with Crippen LogP contribution in [0, 0.1) is 0 Å². The predicted octanol–water partition coefficient (Wildman–Crippen LogP) is 0.514. The van der Waals surface area contributed by atoms with E-state index in [0.29, 0.717) is 6.54 Å². The van der Waals surface area contributed by atoms with Crippen molar-refractivity contribution in [1.82, 2.24) is 14.6 Å². The molecule has 2 aromatic rings. The summed E-state index contributed by atoms with van der Waals surface area (Å²) in [6.07, 6.45) is 6.34. The summed E-state index contributed by atoms with van der Waals surface area (Å²) in [6, 6.07) is 1.96. The van der Waals surface area contributed by atoms with E-state index in [0.717, 1.165) is 24.3 Å². The van der Waals surface area contributed by atoms with Crippen molar-refractivity contribution < 1.29 is 0 Å². The molecule has 0 bridgehead atoms. The quantitative estimate of drug-likeness (QED) is 0.790. The highest BCUT2D eigenvalue weighted by Crippen LogP contribution is 2.16. The number of nitrogens with zero attached hydrogens (tertiary/aromatic N) is 4. The van der Waals surface area contributed by atoms with Crippen LogP contribution in [0.15, 0.2) is 24.7 Å². The molecule has 15 heavy (non-hydrogen) atoms. The third-order valence-corrected chi connectivity index (χ3v) is 2.36. The molecule has 5 heteroatoms. The molecule has 0 aliphatic heterocycles. The van der Waals surface area contributed by atoms with Crippen molar-refractivity contribution in [2.75, 3.05) is 25.0 Å². The van der Waals surface area contributed by atoms with Crippen molar-refractivity contribution in [2.24, 2.45) is 5.73 Å². The van der Waals surface area contributed by atoms with Gasteiger partial charge in [-0.1, -0.05) is 0 Å². The third-order valence-electron chi connectivity index (χ3n) is 2.36. The number of aromatic nitrogens is 3. The minimum absolute atomic E-state index is 0.701. The molecular formula is C10H15N5. The van der Waals surface area contributed by atoms with Crippen molar-refractivity contribution in [3.63, 3.8) is 0 Å². The van der Waals surface area contributed by atoms with Gasteiger partial charge in [0.1, 0.15) is 5.52 Å². The average Bonchev–Trinajstić information content (AvgIpc) is 2.73. The molecule has 0 amide bonds. The Labute approximate surface area is 88.5 Å². The van der Waals surface area contributed by atoms with Gasteiger partial charge < -0.3 is 10.6 Å². The molecule has 0 saturated carbocycles. The first-order valence-corrected chi connectivity index (χ1v) is 5.02. The number of rotatable bonds is 4. The number of hydrogen-bond acceptors (Lipinski definition) is 4. The number of fused-ring (bicyclic) bond motifs is 1. The van der Waals surface area contributed by atoms with Crippen LogP contribution < -0.4 is 10.6 Å². The Hall–Kier alpha value is -1.62. The topological polar surface area (TPSA) is 59.5 Å². The van der Waals surface area contributed by atoms with Crippen molar-refractivity contribution in [3.05, 3.63) is 24.7 Å². The molecule has 0 radical (unpaired) electrons. The van der Waals surface area contributed by atoms with Crippen molar-refractivity contribution in [1.29, 1.82) is 0 Å². The van der Waals surface area contributed by atoms with E-state index < -0.39 is 0 Å². The summed E-state index contributed by atoms with van der Waals surface area (Å²) >= 11 is 0. The maximum absolute atomic E-state index is 5.48. The van der Waals surface area contributed by atoms with Gasteiger partial charge in [0, 0.05) is 26.0 Å². The summed E-state index contributed by atoms with van der Waals surface area (Å²) in [5, 5.41) is 4.17. The Morgan fingerprint density at radius 2 is 2.33 bits per heavy atom. The molecule has 0 aliphatic carbocycles. The Morgan fingerprint density at radius 1 is 1.47 bits per heavy atom. The summed E-state index contributed by atoms with van der Waals surface area (Å²) in [7, 11) is 2.02. The number of anilines is 1. The molecular weight excluding hydrogens is 190 g/mol. The Morgan fingerprint density at radius 3 is 3.13 bits per heavy atom. The van der Waals surface area contributed by atoms with Gasteiger partial charge in [-0.3, -0.25) is 0 Å². The third kappa shape index (κ3) is 1.92. The molecule has 0 aromatic carbocycles. The highest BCUT2D eigenvalue weighted by atomic mass is 15.3. The second-order valence-corrected chi connectivity index (χ2v) is 3.48. The van der Waals surface area contributed by atoms with E-state index in [1.165, 1.54) is 0 Å². The lowest BCUT2D eigenvalue weighted by Crippen LogP contribution is -2.22. The zero-order chi connectivity index (χ0) is 10.7. The van der Waals surface area contributed by atoms with Gasteiger partial charge in [-0.25, -0.2) is 9.50 Å². The maximum Gasteiger partial charge on any atom is 0.154 e. The zero-order valence-electron chi connectivity index (χ0n) is 8.80. The SMILES string of the molecule is CN(CCCN)c1nccn2nccc12. The first-order valence-electron chi connectivity index (χ1n) is 5.02. The standard InChI is InChI=1S/C10H15N5/c1-14(7-2-4-11)10-9-3-5-13-15(9)8-6-12-10/h3,5-6,8H,2,4,7,11H2,1H3. The van der Waals surface area contributed by atoms with Crippen LogP contribution in [0.5, 0.6) is 0 Å². The number of hydrogen-bond donors (Lipinski definition) is 1. The highest BCUT2D eigenvalue weighted by Gasteiger charge is 2.07. The van der Waals surface area contributed by atoms with Crippen LogP contribution in [0.2, 0.25) is 0 Å². The van der Waals surface area contributed by atoms with E-state index in [-0.39, 0.29) is 0 Å². The predicted molar refractivity (Wildman–Crippen MR) is 59.9 cm³/mol. The molecule has 2 rings (SSSR count). The van der Waals surface area contributed by atoms with Crippen molar-refractivity contribution >= 4 is 11.3 Å². The van der Waals surface area contributed by atoms with Gasteiger partial charge in [0.25, 0.3) is 0 Å². The molecule has 80 valence electrons. The van der Waals surface area contributed by atoms with E-state index >= 15 is 0 Å². The second kappa shape index (κ2) is 4.27. The first-order chi connectivity index (χ1) is 7.33. The molecule has 0 aliphatic rings. The van der Waals surface area contributed by atoms with Crippen molar-refractivity contribution in [2.45, 2.75) is 6.42 Å². The Kier molecular flexibility index (Phi) is 2.82. The summed E-state index contributed by atoms with van der Waals surface area (Å²) in [6.45, 7) is 1.61. The van der Waals surface area contributed by atoms with Crippen molar-refractivity contribution in [3.8, 4) is 0 Å². The smallest absolute Gasteiger partial charge is 0.154 e. The van der Waals surface area contributed by atoms with E-state index in [9.17, 15) is 0 Å². The van der Waals surface area contributed by atoms with E-state index in [4.69, 9.17) is 5.73 Å². The lowest BCUT2D eigenvalue weighted by molar-refractivity contribution is 0.784. The molecule has 0 spiro atoms. The minimum atomic E-state index is 0.701. The largest absolute Gasteiger partial charge is 0.358 e. The molecule has 2 heterocycles. The van der Waals surface area contributed by atoms with Gasteiger partial charge in [0.05, 0.1) is 6.20 Å². The fourth-order valence-corrected chi connectivity index (χ4v) is 1.57. The summed E-state index contributed by atoms with van der Waals surface area (Å²) in [4.78, 5) is 6.46. The number of nitrogens with two attached hydrogens (primary N) is 1.